The van der Waals surface area contributed by atoms with Crippen molar-refractivity contribution in [3.05, 3.63) is 47.0 Å². The van der Waals surface area contributed by atoms with Crippen molar-refractivity contribution in [1.29, 1.82) is 0 Å². The molecule has 0 aromatic heterocycles. The van der Waals surface area contributed by atoms with Crippen molar-refractivity contribution in [2.75, 3.05) is 46.2 Å². The van der Waals surface area contributed by atoms with E-state index in [9.17, 15) is 23.8 Å². The highest BCUT2D eigenvalue weighted by atomic mass is 19.1. The zero-order valence-corrected chi connectivity index (χ0v) is 17.0. The van der Waals surface area contributed by atoms with Gasteiger partial charge in [-0.05, 0) is 6.07 Å². The van der Waals surface area contributed by atoms with Gasteiger partial charge in [0.05, 0.1) is 33.4 Å². The third kappa shape index (κ3) is 4.80. The van der Waals surface area contributed by atoms with E-state index >= 15 is 0 Å². The number of rotatable bonds is 7. The number of benzene rings is 2. The van der Waals surface area contributed by atoms with Gasteiger partial charge in [-0.1, -0.05) is 0 Å². The Balaban J connectivity index is 1.74. The van der Waals surface area contributed by atoms with Gasteiger partial charge >= 0.3 is 0 Å². The number of amides is 1. The summed E-state index contributed by atoms with van der Waals surface area (Å²) in [5, 5.41) is 23.3. The fourth-order valence-corrected chi connectivity index (χ4v) is 3.47. The van der Waals surface area contributed by atoms with Crippen molar-refractivity contribution in [1.82, 2.24) is 0 Å². The molecule has 0 fully saturated rings. The number of carbonyl (C=O) groups is 1. The number of anilines is 1. The summed E-state index contributed by atoms with van der Waals surface area (Å²) in [5.41, 5.74) is 0.572. The average Bonchev–Trinajstić information content (AvgIpc) is 2.65. The Bertz CT molecular complexity index is 942. The van der Waals surface area contributed by atoms with Crippen molar-refractivity contribution in [3.63, 3.8) is 0 Å². The SMILES string of the molecule is COc1cc(F)c(CC[N+](C)(C)CC(O)c2cc(O)cc3c2OCC(=O)N3)c(F)c1. The van der Waals surface area contributed by atoms with Crippen molar-refractivity contribution < 1.29 is 37.7 Å². The molecule has 1 amide bonds. The van der Waals surface area contributed by atoms with E-state index < -0.39 is 17.7 Å². The highest BCUT2D eigenvalue weighted by Gasteiger charge is 2.29. The molecule has 162 valence electrons. The Kier molecular flexibility index (Phi) is 6.14. The first kappa shape index (κ1) is 21.8. The minimum absolute atomic E-state index is 0.0442. The van der Waals surface area contributed by atoms with Crippen LogP contribution in [-0.2, 0) is 11.2 Å². The summed E-state index contributed by atoms with van der Waals surface area (Å²) >= 11 is 0. The first-order chi connectivity index (χ1) is 14.1. The fraction of sp³-hybridized carbons (Fsp3) is 0.381. The van der Waals surface area contributed by atoms with Crippen LogP contribution in [0.4, 0.5) is 14.5 Å². The number of phenols is 1. The molecule has 7 nitrogen and oxygen atoms in total. The van der Waals surface area contributed by atoms with Gasteiger partial charge < -0.3 is 29.5 Å². The van der Waals surface area contributed by atoms with Crippen LogP contribution in [0, 0.1) is 11.6 Å². The molecule has 0 aliphatic carbocycles. The molecule has 3 rings (SSSR count). The number of carbonyl (C=O) groups excluding carboxylic acids is 1. The average molecular weight is 423 g/mol. The summed E-state index contributed by atoms with van der Waals surface area (Å²) in [5.74, 6) is -1.43. The van der Waals surface area contributed by atoms with E-state index in [1.54, 1.807) is 0 Å². The lowest BCUT2D eigenvalue weighted by atomic mass is 10.0. The third-order valence-electron chi connectivity index (χ3n) is 5.07. The Morgan fingerprint density at radius 3 is 2.53 bits per heavy atom. The number of hydrogen-bond donors (Lipinski definition) is 3. The fourth-order valence-electron chi connectivity index (χ4n) is 3.47. The van der Waals surface area contributed by atoms with E-state index in [1.165, 1.54) is 19.2 Å². The van der Waals surface area contributed by atoms with Gasteiger partial charge in [-0.2, -0.15) is 0 Å². The van der Waals surface area contributed by atoms with E-state index in [1.807, 2.05) is 14.1 Å². The Hall–Kier alpha value is -2.91. The smallest absolute Gasteiger partial charge is 0.262 e. The number of ether oxygens (including phenoxy) is 2. The summed E-state index contributed by atoms with van der Waals surface area (Å²) in [4.78, 5) is 11.5. The van der Waals surface area contributed by atoms with Crippen LogP contribution in [0.3, 0.4) is 0 Å². The van der Waals surface area contributed by atoms with Gasteiger partial charge in [0.1, 0.15) is 41.5 Å². The van der Waals surface area contributed by atoms with E-state index in [-0.39, 0.29) is 52.7 Å². The van der Waals surface area contributed by atoms with Gasteiger partial charge in [-0.15, -0.1) is 0 Å². The van der Waals surface area contributed by atoms with Gasteiger partial charge in [0, 0.05) is 35.7 Å². The summed E-state index contributed by atoms with van der Waals surface area (Å²) in [6.07, 6.45) is -0.923. The maximum absolute atomic E-state index is 14.2. The topological polar surface area (TPSA) is 88.0 Å². The van der Waals surface area contributed by atoms with Gasteiger partial charge in [0.15, 0.2) is 6.61 Å². The van der Waals surface area contributed by atoms with E-state index in [4.69, 9.17) is 9.47 Å². The molecule has 0 bridgehead atoms. The molecule has 2 aromatic rings. The molecule has 1 atom stereocenters. The van der Waals surface area contributed by atoms with E-state index in [0.717, 1.165) is 12.1 Å². The summed E-state index contributed by atoms with van der Waals surface area (Å²) in [7, 11) is 4.98. The molecule has 1 aliphatic rings. The standard InChI is InChI=1S/C21H24F2N2O5/c1-25(2,5-4-14-16(22)8-13(29-3)9-17(14)23)10-19(27)15-6-12(26)7-18-21(15)30-11-20(28)24-18/h6-9,19,27H,4-5,10-11H2,1-3H3,(H-,24,26,28)/p+1. The zero-order valence-electron chi connectivity index (χ0n) is 17.0. The minimum atomic E-state index is -1.04. The number of nitrogens with zero attached hydrogens (tertiary/aromatic N) is 1. The molecule has 0 saturated heterocycles. The monoisotopic (exact) mass is 423 g/mol. The van der Waals surface area contributed by atoms with Crippen molar-refractivity contribution in [2.45, 2.75) is 12.5 Å². The number of aromatic hydroxyl groups is 1. The van der Waals surface area contributed by atoms with Crippen LogP contribution in [0.2, 0.25) is 0 Å². The molecule has 1 aliphatic heterocycles. The van der Waals surface area contributed by atoms with Crippen LogP contribution >= 0.6 is 0 Å². The van der Waals surface area contributed by atoms with Gasteiger partial charge in [0.25, 0.3) is 5.91 Å². The van der Waals surface area contributed by atoms with Gasteiger partial charge in [-0.25, -0.2) is 8.78 Å². The number of fused-ring (bicyclic) bond motifs is 1. The van der Waals surface area contributed by atoms with Crippen molar-refractivity contribution in [2.24, 2.45) is 0 Å². The number of methoxy groups -OCH3 is 1. The molecule has 1 heterocycles. The minimum Gasteiger partial charge on any atom is -0.508 e. The van der Waals surface area contributed by atoms with Crippen LogP contribution in [0.1, 0.15) is 17.2 Å². The number of aliphatic hydroxyl groups excluding tert-OH is 1. The number of quaternary nitrogens is 1. The van der Waals surface area contributed by atoms with Gasteiger partial charge in [-0.3, -0.25) is 4.79 Å². The second-order valence-corrected chi connectivity index (χ2v) is 7.93. The van der Waals surface area contributed by atoms with Crippen LogP contribution in [0.15, 0.2) is 24.3 Å². The number of likely N-dealkylation sites (N-methyl/N-ethyl adjacent to an activating group) is 1. The van der Waals surface area contributed by atoms with Crippen LogP contribution in [0.25, 0.3) is 0 Å². The van der Waals surface area contributed by atoms with E-state index in [0.29, 0.717) is 17.9 Å². The summed E-state index contributed by atoms with van der Waals surface area (Å²) in [6, 6.07) is 5.00. The molecule has 0 saturated carbocycles. The Labute approximate surface area is 173 Å². The maximum Gasteiger partial charge on any atom is 0.262 e. The number of aliphatic hydroxyl groups is 1. The summed E-state index contributed by atoms with van der Waals surface area (Å²) in [6.45, 7) is 0.341. The van der Waals surface area contributed by atoms with Crippen LogP contribution < -0.4 is 14.8 Å². The Morgan fingerprint density at radius 1 is 1.23 bits per heavy atom. The quantitative estimate of drug-likeness (QED) is 0.595. The largest absolute Gasteiger partial charge is 0.508 e. The highest BCUT2D eigenvalue weighted by molar-refractivity contribution is 5.96. The lowest BCUT2D eigenvalue weighted by Gasteiger charge is -2.33. The molecule has 0 spiro atoms. The molecule has 2 aromatic carbocycles. The molecule has 3 N–H and O–H groups in total. The first-order valence-electron chi connectivity index (χ1n) is 9.41. The molecule has 0 radical (unpaired) electrons. The summed E-state index contributed by atoms with van der Waals surface area (Å²) < 4.78 is 39.0. The zero-order chi connectivity index (χ0) is 22.1. The predicted octanol–water partition coefficient (Wildman–Crippen LogP) is 2.36. The number of halogens is 2. The predicted molar refractivity (Wildman–Crippen MR) is 106 cm³/mol. The van der Waals surface area contributed by atoms with Crippen LogP contribution in [0.5, 0.6) is 17.2 Å². The second kappa shape index (κ2) is 8.45. The maximum atomic E-state index is 14.2. The van der Waals surface area contributed by atoms with E-state index in [2.05, 4.69) is 5.32 Å². The molecular weight excluding hydrogens is 398 g/mol. The number of hydrogen-bond acceptors (Lipinski definition) is 5. The molecular formula is C21H25F2N2O5+. The molecule has 1 unspecified atom stereocenters. The normalized spacial score (nSPS) is 14.5. The number of nitrogens with one attached hydrogen (secondary N) is 1. The molecule has 9 heteroatoms. The first-order valence-corrected chi connectivity index (χ1v) is 9.41. The molecule has 30 heavy (non-hydrogen) atoms. The number of phenolic OH excluding ortho intramolecular Hbond substituents is 1. The lowest BCUT2D eigenvalue weighted by molar-refractivity contribution is -0.893. The highest BCUT2D eigenvalue weighted by Crippen LogP contribution is 2.39. The Morgan fingerprint density at radius 2 is 1.90 bits per heavy atom. The van der Waals surface area contributed by atoms with Crippen LogP contribution in [-0.4, -0.2) is 61.5 Å². The van der Waals surface area contributed by atoms with Crippen molar-refractivity contribution in [3.8, 4) is 17.2 Å². The van der Waals surface area contributed by atoms with Crippen molar-refractivity contribution >= 4 is 11.6 Å². The van der Waals surface area contributed by atoms with Gasteiger partial charge in [0.2, 0.25) is 0 Å². The lowest BCUT2D eigenvalue weighted by Crippen LogP contribution is -2.44. The second-order valence-electron chi connectivity index (χ2n) is 7.93. The third-order valence-corrected chi connectivity index (χ3v) is 5.07.